The highest BCUT2D eigenvalue weighted by Gasteiger charge is 2.30. The molecule has 17 nitrogen and oxygen atoms in total. The van der Waals surface area contributed by atoms with Crippen LogP contribution in [0.15, 0.2) is 0 Å². The number of hydrogen-bond donors (Lipinski definition) is 3. The molecule has 0 amide bonds. The maximum absolute atomic E-state index is 13.0. The fraction of sp³-hybridized carbons (Fsp3) is 0.942. The van der Waals surface area contributed by atoms with Crippen molar-refractivity contribution in [1.29, 1.82) is 0 Å². The summed E-state index contributed by atoms with van der Waals surface area (Å²) < 4.78 is 68.2. The van der Waals surface area contributed by atoms with Crippen LogP contribution in [-0.2, 0) is 65.4 Å². The Bertz CT molecular complexity index is 1720. The van der Waals surface area contributed by atoms with Gasteiger partial charge in [-0.2, -0.15) is 0 Å². The molecule has 0 fully saturated rings. The van der Waals surface area contributed by atoms with Gasteiger partial charge in [0.1, 0.15) is 19.3 Å². The summed E-state index contributed by atoms with van der Waals surface area (Å²) in [6.45, 7) is 9.48. The Morgan fingerprint density at radius 1 is 0.307 bits per heavy atom. The molecule has 0 aromatic heterocycles. The van der Waals surface area contributed by atoms with Crippen LogP contribution < -0.4 is 0 Å². The molecule has 88 heavy (non-hydrogen) atoms. The first-order valence-electron chi connectivity index (χ1n) is 36.0. The number of phosphoric ester groups is 2. The van der Waals surface area contributed by atoms with E-state index in [0.29, 0.717) is 25.7 Å². The van der Waals surface area contributed by atoms with E-state index >= 15 is 0 Å². The number of hydrogen-bond acceptors (Lipinski definition) is 15. The van der Waals surface area contributed by atoms with Gasteiger partial charge in [-0.15, -0.1) is 0 Å². The van der Waals surface area contributed by atoms with Gasteiger partial charge < -0.3 is 33.8 Å². The molecule has 0 aliphatic rings. The van der Waals surface area contributed by atoms with Crippen LogP contribution in [0.5, 0.6) is 0 Å². The molecule has 0 heterocycles. The summed E-state index contributed by atoms with van der Waals surface area (Å²) in [5.41, 5.74) is 0. The first-order valence-corrected chi connectivity index (χ1v) is 39.0. The molecule has 5 atom stereocenters. The topological polar surface area (TPSA) is 237 Å². The average molecular weight is 1300 g/mol. The minimum absolute atomic E-state index is 0.104. The van der Waals surface area contributed by atoms with Gasteiger partial charge in [-0.3, -0.25) is 37.3 Å². The van der Waals surface area contributed by atoms with E-state index in [0.717, 1.165) is 102 Å². The lowest BCUT2D eigenvalue weighted by Gasteiger charge is -2.21. The number of esters is 4. The Labute approximate surface area is 537 Å². The van der Waals surface area contributed by atoms with Crippen LogP contribution in [0.1, 0.15) is 350 Å². The molecule has 0 aromatic rings. The Balaban J connectivity index is 5.24. The van der Waals surface area contributed by atoms with Crippen LogP contribution in [0.4, 0.5) is 0 Å². The summed E-state index contributed by atoms with van der Waals surface area (Å²) in [5.74, 6) is -0.650. The van der Waals surface area contributed by atoms with Crippen LogP contribution >= 0.6 is 15.6 Å². The van der Waals surface area contributed by atoms with Crippen LogP contribution in [-0.4, -0.2) is 96.7 Å². The summed E-state index contributed by atoms with van der Waals surface area (Å²) >= 11 is 0. The van der Waals surface area contributed by atoms with E-state index in [1.165, 1.54) is 167 Å². The lowest BCUT2D eigenvalue weighted by molar-refractivity contribution is -0.161. The highest BCUT2D eigenvalue weighted by atomic mass is 31.2. The van der Waals surface area contributed by atoms with Gasteiger partial charge >= 0.3 is 39.5 Å². The predicted octanol–water partition coefficient (Wildman–Crippen LogP) is 19.6. The zero-order valence-corrected chi connectivity index (χ0v) is 58.8. The average Bonchev–Trinajstić information content (AvgIpc) is 3.70. The van der Waals surface area contributed by atoms with E-state index in [4.69, 9.17) is 37.0 Å². The van der Waals surface area contributed by atoms with Gasteiger partial charge in [0, 0.05) is 25.7 Å². The summed E-state index contributed by atoms with van der Waals surface area (Å²) in [7, 11) is -9.90. The van der Waals surface area contributed by atoms with Gasteiger partial charge in [-0.05, 0) is 37.5 Å². The Morgan fingerprint density at radius 3 is 0.773 bits per heavy atom. The summed E-state index contributed by atoms with van der Waals surface area (Å²) in [5, 5.41) is 10.6. The van der Waals surface area contributed by atoms with E-state index in [-0.39, 0.29) is 25.7 Å². The van der Waals surface area contributed by atoms with E-state index in [1.807, 2.05) is 0 Å². The van der Waals surface area contributed by atoms with Crippen molar-refractivity contribution < 1.29 is 80.2 Å². The quantitative estimate of drug-likeness (QED) is 0.0222. The number of ether oxygens (including phenoxy) is 4. The molecular weight excluding hydrogens is 1160 g/mol. The number of carbonyl (C=O) groups is 4. The monoisotopic (exact) mass is 1300 g/mol. The lowest BCUT2D eigenvalue weighted by atomic mass is 10.0. The van der Waals surface area contributed by atoms with Crippen molar-refractivity contribution in [3.8, 4) is 0 Å². The van der Waals surface area contributed by atoms with Gasteiger partial charge in [0.25, 0.3) is 0 Å². The lowest BCUT2D eigenvalue weighted by Crippen LogP contribution is -2.30. The first-order chi connectivity index (χ1) is 42.4. The molecule has 0 rings (SSSR count). The highest BCUT2D eigenvalue weighted by molar-refractivity contribution is 7.47. The van der Waals surface area contributed by atoms with Gasteiger partial charge in [0.15, 0.2) is 12.2 Å². The maximum Gasteiger partial charge on any atom is 0.472 e. The van der Waals surface area contributed by atoms with E-state index in [9.17, 15) is 43.2 Å². The molecule has 0 radical (unpaired) electrons. The zero-order valence-electron chi connectivity index (χ0n) is 57.0. The SMILES string of the molecule is CCCCCCCCCCCCCCCCCC(=O)O[C@H](COC(=O)CCCCCCCCCCCCC(C)C)COP(=O)(O)OC[C@@H](O)COP(=O)(O)OC[C@@H](COC(=O)CCCCCCCCCCC)OC(=O)CCCCCCCCCCC(C)C. The second-order valence-corrected chi connectivity index (χ2v) is 28.8. The number of unbranched alkanes of at least 4 members (excludes halogenated alkanes) is 38. The van der Waals surface area contributed by atoms with Crippen LogP contribution in [0.3, 0.4) is 0 Å². The standard InChI is InChI=1S/C69H134O17P2/c1-7-9-11-13-15-17-18-19-20-21-22-28-35-41-47-53-68(73)85-64(58-80-67(72)52-46-40-34-27-24-23-26-31-37-43-49-61(3)4)59-83-87(75,76)81-55-63(70)56-82-88(77,78)84-60-65(57-79-66(71)51-45-39-33-25-16-14-12-10-8-2)86-69(74)54-48-42-36-30-29-32-38-44-50-62(5)6/h61-65,70H,7-60H2,1-6H3,(H,75,76)(H,77,78)/t63-,64-,65-/m1/s1. The molecule has 2 unspecified atom stereocenters. The molecule has 0 aliphatic carbocycles. The van der Waals surface area contributed by atoms with E-state index in [1.54, 1.807) is 0 Å². The predicted molar refractivity (Wildman–Crippen MR) is 354 cm³/mol. The van der Waals surface area contributed by atoms with Crippen LogP contribution in [0.25, 0.3) is 0 Å². The molecule has 0 bridgehead atoms. The van der Waals surface area contributed by atoms with Crippen LogP contribution in [0.2, 0.25) is 0 Å². The molecule has 0 saturated carbocycles. The smallest absolute Gasteiger partial charge is 0.462 e. The second-order valence-electron chi connectivity index (χ2n) is 25.9. The van der Waals surface area contributed by atoms with Crippen molar-refractivity contribution in [3.63, 3.8) is 0 Å². The van der Waals surface area contributed by atoms with Gasteiger partial charge in [0.05, 0.1) is 26.4 Å². The van der Waals surface area contributed by atoms with Crippen molar-refractivity contribution in [1.82, 2.24) is 0 Å². The number of carbonyl (C=O) groups excluding carboxylic acids is 4. The highest BCUT2D eigenvalue weighted by Crippen LogP contribution is 2.45. The van der Waals surface area contributed by atoms with E-state index < -0.39 is 97.5 Å². The third kappa shape index (κ3) is 62.8. The minimum atomic E-state index is -4.95. The Hall–Kier alpha value is -1.94. The molecular formula is C69H134O17P2. The van der Waals surface area contributed by atoms with Crippen molar-refractivity contribution in [2.45, 2.75) is 368 Å². The number of phosphoric acid groups is 2. The minimum Gasteiger partial charge on any atom is -0.462 e. The van der Waals surface area contributed by atoms with E-state index in [2.05, 4.69) is 41.5 Å². The molecule has 0 spiro atoms. The van der Waals surface area contributed by atoms with Crippen molar-refractivity contribution >= 4 is 39.5 Å². The second kappa shape index (κ2) is 61.3. The summed E-state index contributed by atoms with van der Waals surface area (Å²) in [4.78, 5) is 72.4. The first kappa shape index (κ1) is 86.1. The fourth-order valence-electron chi connectivity index (χ4n) is 10.4. The number of rotatable bonds is 68. The summed E-state index contributed by atoms with van der Waals surface area (Å²) in [6, 6.07) is 0. The Morgan fingerprint density at radius 2 is 0.523 bits per heavy atom. The maximum atomic E-state index is 13.0. The normalized spacial score (nSPS) is 14.2. The molecule has 19 heteroatoms. The third-order valence-electron chi connectivity index (χ3n) is 16.0. The zero-order chi connectivity index (χ0) is 65.0. The fourth-order valence-corrected chi connectivity index (χ4v) is 12.0. The number of aliphatic hydroxyl groups is 1. The van der Waals surface area contributed by atoms with Crippen molar-refractivity contribution in [2.75, 3.05) is 39.6 Å². The Kier molecular flexibility index (Phi) is 59.9. The van der Waals surface area contributed by atoms with Crippen LogP contribution in [0, 0.1) is 11.8 Å². The molecule has 3 N–H and O–H groups in total. The molecule has 0 saturated heterocycles. The largest absolute Gasteiger partial charge is 0.472 e. The summed E-state index contributed by atoms with van der Waals surface area (Å²) in [6.07, 6.45) is 45.8. The van der Waals surface area contributed by atoms with Gasteiger partial charge in [-0.25, -0.2) is 9.13 Å². The number of aliphatic hydroxyl groups excluding tert-OH is 1. The molecule has 0 aromatic carbocycles. The molecule has 522 valence electrons. The molecule has 0 aliphatic heterocycles. The van der Waals surface area contributed by atoms with Gasteiger partial charge in [0.2, 0.25) is 0 Å². The van der Waals surface area contributed by atoms with Crippen molar-refractivity contribution in [2.24, 2.45) is 11.8 Å². The third-order valence-corrected chi connectivity index (χ3v) is 17.9. The van der Waals surface area contributed by atoms with Crippen molar-refractivity contribution in [3.05, 3.63) is 0 Å². The van der Waals surface area contributed by atoms with Gasteiger partial charge in [-0.1, -0.05) is 298 Å².